The molecule has 1 amide bonds. The minimum Gasteiger partial charge on any atom is -0.472 e. The Morgan fingerprint density at radius 2 is 2.36 bits per heavy atom. The number of nitrogens with zero attached hydrogens (tertiary/aromatic N) is 3. The van der Waals surface area contributed by atoms with Gasteiger partial charge >= 0.3 is 0 Å². The highest BCUT2D eigenvalue weighted by atomic mass is 35.5. The summed E-state index contributed by atoms with van der Waals surface area (Å²) in [5, 5.41) is 8.87. The molecular weight excluding hydrogens is 322 g/mol. The van der Waals surface area contributed by atoms with E-state index in [1.807, 2.05) is 6.07 Å². The molecule has 1 fully saturated rings. The fraction of sp³-hybridized carbons (Fsp3) is 0.267. The van der Waals surface area contributed by atoms with Gasteiger partial charge in [0.05, 0.1) is 27.4 Å². The number of halogens is 1. The Bertz CT molecular complexity index is 740. The quantitative estimate of drug-likeness (QED) is 0.866. The summed E-state index contributed by atoms with van der Waals surface area (Å²) in [6, 6.07) is 8.73. The molecular formula is C15H12ClN3O2S. The minimum atomic E-state index is -0.110. The largest absolute Gasteiger partial charge is 0.472 e. The number of carbonyl (C=O) groups excluding carboxylic acids is 1. The maximum Gasteiger partial charge on any atom is 0.264 e. The highest BCUT2D eigenvalue weighted by molar-refractivity contribution is 7.17. The highest BCUT2D eigenvalue weighted by Crippen LogP contribution is 2.25. The molecule has 1 aliphatic heterocycles. The zero-order valence-corrected chi connectivity index (χ0v) is 13.1. The molecule has 0 radical (unpaired) electrons. The van der Waals surface area contributed by atoms with E-state index in [9.17, 15) is 4.79 Å². The van der Waals surface area contributed by atoms with E-state index in [0.29, 0.717) is 33.7 Å². The van der Waals surface area contributed by atoms with Gasteiger partial charge in [0, 0.05) is 25.2 Å². The summed E-state index contributed by atoms with van der Waals surface area (Å²) in [6.07, 6.45) is 2.17. The molecule has 0 spiro atoms. The Morgan fingerprint density at radius 3 is 3.09 bits per heavy atom. The standard InChI is InChI=1S/C15H12ClN3O2S/c16-13-2-1-12(22-13)15(20)19-6-4-11(9-19)21-14-7-10(8-17)3-5-18-14/h1-3,5,7,11H,4,6,9H2. The van der Waals surface area contributed by atoms with Crippen LogP contribution in [0.25, 0.3) is 0 Å². The van der Waals surface area contributed by atoms with Crippen molar-refractivity contribution < 1.29 is 9.53 Å². The first kappa shape index (κ1) is 14.8. The number of aromatic nitrogens is 1. The van der Waals surface area contributed by atoms with Crippen molar-refractivity contribution in [3.05, 3.63) is 45.2 Å². The molecule has 1 atom stereocenters. The second-order valence-electron chi connectivity index (χ2n) is 4.88. The summed E-state index contributed by atoms with van der Waals surface area (Å²) in [5.41, 5.74) is 0.504. The van der Waals surface area contributed by atoms with Crippen molar-refractivity contribution in [3.8, 4) is 11.9 Å². The SMILES string of the molecule is N#Cc1ccnc(OC2CCN(C(=O)c3ccc(Cl)s3)C2)c1. The average molecular weight is 334 g/mol. The lowest BCUT2D eigenvalue weighted by atomic mass is 10.3. The number of likely N-dealkylation sites (tertiary alicyclic amines) is 1. The minimum absolute atomic E-state index is 0.0262. The maximum absolute atomic E-state index is 12.3. The topological polar surface area (TPSA) is 66.2 Å². The molecule has 0 aliphatic carbocycles. The van der Waals surface area contributed by atoms with Crippen LogP contribution >= 0.6 is 22.9 Å². The molecule has 2 aromatic heterocycles. The molecule has 1 unspecified atom stereocenters. The van der Waals surface area contributed by atoms with Crippen LogP contribution in [0, 0.1) is 11.3 Å². The monoisotopic (exact) mass is 333 g/mol. The Balaban J connectivity index is 1.62. The molecule has 0 bridgehead atoms. The predicted molar refractivity (Wildman–Crippen MR) is 83.2 cm³/mol. The van der Waals surface area contributed by atoms with Crippen LogP contribution in [-0.2, 0) is 0 Å². The summed E-state index contributed by atoms with van der Waals surface area (Å²) in [4.78, 5) is 18.8. The van der Waals surface area contributed by atoms with Crippen LogP contribution in [-0.4, -0.2) is 35.0 Å². The van der Waals surface area contributed by atoms with E-state index in [-0.39, 0.29) is 12.0 Å². The predicted octanol–water partition coefficient (Wildman–Crippen LogP) is 2.96. The van der Waals surface area contributed by atoms with E-state index in [1.165, 1.54) is 11.3 Å². The van der Waals surface area contributed by atoms with Crippen LogP contribution in [0.15, 0.2) is 30.5 Å². The lowest BCUT2D eigenvalue weighted by Gasteiger charge is -2.16. The van der Waals surface area contributed by atoms with Gasteiger partial charge in [0.25, 0.3) is 5.91 Å². The number of hydrogen-bond donors (Lipinski definition) is 0. The smallest absolute Gasteiger partial charge is 0.264 e. The zero-order chi connectivity index (χ0) is 15.5. The number of ether oxygens (including phenoxy) is 1. The summed E-state index contributed by atoms with van der Waals surface area (Å²) in [7, 11) is 0. The third-order valence-corrected chi connectivity index (χ3v) is 4.59. The van der Waals surface area contributed by atoms with Crippen LogP contribution in [0.4, 0.5) is 0 Å². The molecule has 0 N–H and O–H groups in total. The van der Waals surface area contributed by atoms with Crippen molar-refractivity contribution in [3.63, 3.8) is 0 Å². The van der Waals surface area contributed by atoms with Gasteiger partial charge in [0.1, 0.15) is 6.10 Å². The molecule has 3 rings (SSSR count). The second-order valence-corrected chi connectivity index (χ2v) is 6.59. The number of nitriles is 1. The van der Waals surface area contributed by atoms with Crippen LogP contribution < -0.4 is 4.74 Å². The number of rotatable bonds is 3. The van der Waals surface area contributed by atoms with Crippen molar-refractivity contribution in [1.29, 1.82) is 5.26 Å². The van der Waals surface area contributed by atoms with E-state index < -0.39 is 0 Å². The van der Waals surface area contributed by atoms with Crippen LogP contribution in [0.1, 0.15) is 21.7 Å². The van der Waals surface area contributed by atoms with Gasteiger partial charge in [-0.2, -0.15) is 5.26 Å². The average Bonchev–Trinajstić information content (AvgIpc) is 3.16. The van der Waals surface area contributed by atoms with Gasteiger partial charge in [0.2, 0.25) is 5.88 Å². The molecule has 0 saturated carbocycles. The molecule has 22 heavy (non-hydrogen) atoms. The normalized spacial score (nSPS) is 17.3. The van der Waals surface area contributed by atoms with Crippen molar-refractivity contribution in [2.45, 2.75) is 12.5 Å². The number of pyridine rings is 1. The molecule has 2 aromatic rings. The second kappa shape index (κ2) is 6.34. The van der Waals surface area contributed by atoms with E-state index >= 15 is 0 Å². The van der Waals surface area contributed by atoms with Gasteiger partial charge in [-0.15, -0.1) is 11.3 Å². The fourth-order valence-corrected chi connectivity index (χ4v) is 3.32. The lowest BCUT2D eigenvalue weighted by molar-refractivity contribution is 0.0776. The van der Waals surface area contributed by atoms with Gasteiger partial charge in [-0.3, -0.25) is 4.79 Å². The van der Waals surface area contributed by atoms with Crippen LogP contribution in [0.5, 0.6) is 5.88 Å². The van der Waals surface area contributed by atoms with Gasteiger partial charge in [0.15, 0.2) is 0 Å². The first-order valence-corrected chi connectivity index (χ1v) is 7.92. The third kappa shape index (κ3) is 3.21. The Morgan fingerprint density at radius 1 is 1.50 bits per heavy atom. The van der Waals surface area contributed by atoms with E-state index in [0.717, 1.165) is 6.42 Å². The van der Waals surface area contributed by atoms with E-state index in [1.54, 1.807) is 35.4 Å². The molecule has 5 nitrogen and oxygen atoms in total. The van der Waals surface area contributed by atoms with E-state index in [2.05, 4.69) is 4.98 Å². The Kier molecular flexibility index (Phi) is 4.27. The van der Waals surface area contributed by atoms with Gasteiger partial charge in [-0.1, -0.05) is 11.6 Å². The summed E-state index contributed by atoms with van der Waals surface area (Å²) < 4.78 is 6.37. The molecule has 0 aromatic carbocycles. The van der Waals surface area contributed by atoms with Crippen LogP contribution in [0.3, 0.4) is 0 Å². The summed E-state index contributed by atoms with van der Waals surface area (Å²) in [5.74, 6) is 0.388. The summed E-state index contributed by atoms with van der Waals surface area (Å²) in [6.45, 7) is 1.14. The van der Waals surface area contributed by atoms with Gasteiger partial charge < -0.3 is 9.64 Å². The van der Waals surface area contributed by atoms with Crippen LogP contribution in [0.2, 0.25) is 4.34 Å². The molecule has 7 heteroatoms. The van der Waals surface area contributed by atoms with E-state index in [4.69, 9.17) is 21.6 Å². The first-order chi connectivity index (χ1) is 10.7. The zero-order valence-electron chi connectivity index (χ0n) is 11.5. The maximum atomic E-state index is 12.3. The Hall–Kier alpha value is -2.10. The number of thiophene rings is 1. The molecule has 1 aliphatic rings. The Labute approximate surface area is 136 Å². The fourth-order valence-electron chi connectivity index (χ4n) is 2.31. The van der Waals surface area contributed by atoms with Crippen molar-refractivity contribution >= 4 is 28.8 Å². The number of hydrogen-bond acceptors (Lipinski definition) is 5. The van der Waals surface area contributed by atoms with Crippen molar-refractivity contribution in [2.75, 3.05) is 13.1 Å². The third-order valence-electron chi connectivity index (χ3n) is 3.37. The van der Waals surface area contributed by atoms with Gasteiger partial charge in [-0.25, -0.2) is 4.98 Å². The number of amides is 1. The molecule has 3 heterocycles. The lowest BCUT2D eigenvalue weighted by Crippen LogP contribution is -2.30. The van der Waals surface area contributed by atoms with Crippen molar-refractivity contribution in [1.82, 2.24) is 9.88 Å². The number of carbonyl (C=O) groups is 1. The summed E-state index contributed by atoms with van der Waals surface area (Å²) >= 11 is 7.14. The van der Waals surface area contributed by atoms with Gasteiger partial charge in [-0.05, 0) is 18.2 Å². The first-order valence-electron chi connectivity index (χ1n) is 6.73. The molecule has 1 saturated heterocycles. The highest BCUT2D eigenvalue weighted by Gasteiger charge is 2.29. The van der Waals surface area contributed by atoms with Crippen molar-refractivity contribution in [2.24, 2.45) is 0 Å². The molecule has 112 valence electrons.